The molecule has 4 N–H and O–H groups in total. The first-order chi connectivity index (χ1) is 4.06. The highest BCUT2D eigenvalue weighted by atomic mass is 127. The molecule has 0 aliphatic heterocycles. The molecule has 0 aromatic rings. The van der Waals surface area contributed by atoms with E-state index < -0.39 is 18.1 Å². The van der Waals surface area contributed by atoms with Crippen molar-refractivity contribution in [1.29, 1.82) is 0 Å². The Balaban J connectivity index is 4.09. The Hall–Kier alpha value is 0.120. The molecule has 4 nitrogen and oxygen atoms in total. The molecule has 0 amide bonds. The molecule has 0 heterocycles. The largest absolute Gasteiger partial charge is 0.480 e. The van der Waals surface area contributed by atoms with Gasteiger partial charge in [-0.05, 0) is 0 Å². The van der Waals surface area contributed by atoms with Gasteiger partial charge in [0, 0.05) is 4.43 Å². The highest BCUT2D eigenvalue weighted by Gasteiger charge is 2.31. The first kappa shape index (κ1) is 9.12. The van der Waals surface area contributed by atoms with E-state index in [9.17, 15) is 4.79 Å². The molecule has 0 radical (unpaired) electrons. The number of aliphatic carboxylic acids is 1. The van der Waals surface area contributed by atoms with Gasteiger partial charge in [-0.1, -0.05) is 22.6 Å². The van der Waals surface area contributed by atoms with Crippen molar-refractivity contribution < 1.29 is 15.0 Å². The van der Waals surface area contributed by atoms with Crippen molar-refractivity contribution >= 4 is 28.6 Å². The van der Waals surface area contributed by atoms with Crippen LogP contribution in [0.5, 0.6) is 0 Å². The second-order valence-electron chi connectivity index (χ2n) is 1.75. The van der Waals surface area contributed by atoms with E-state index in [0.29, 0.717) is 0 Å². The van der Waals surface area contributed by atoms with E-state index in [1.54, 1.807) is 0 Å². The van der Waals surface area contributed by atoms with E-state index in [-0.39, 0.29) is 4.43 Å². The number of aliphatic hydroxyl groups excluding tert-OH is 1. The summed E-state index contributed by atoms with van der Waals surface area (Å²) in [6.07, 6.45) is 0. The first-order valence-corrected chi connectivity index (χ1v) is 3.78. The minimum atomic E-state index is -1.46. The van der Waals surface area contributed by atoms with Gasteiger partial charge in [-0.2, -0.15) is 0 Å². The van der Waals surface area contributed by atoms with Crippen molar-refractivity contribution in [3.8, 4) is 0 Å². The summed E-state index contributed by atoms with van der Waals surface area (Å²) in [5.41, 5.74) is 3.72. The number of alkyl halides is 1. The fourth-order valence-corrected chi connectivity index (χ4v) is 0.735. The third-order valence-electron chi connectivity index (χ3n) is 0.947. The van der Waals surface area contributed by atoms with E-state index in [1.165, 1.54) is 0 Å². The third kappa shape index (κ3) is 2.07. The summed E-state index contributed by atoms with van der Waals surface area (Å²) in [7, 11) is 0. The maximum absolute atomic E-state index is 10.2. The van der Waals surface area contributed by atoms with Crippen LogP contribution in [0.1, 0.15) is 0 Å². The Morgan fingerprint density at radius 3 is 2.22 bits per heavy atom. The highest BCUT2D eigenvalue weighted by Crippen LogP contribution is 2.03. The van der Waals surface area contributed by atoms with Crippen LogP contribution in [0.2, 0.25) is 0 Å². The Morgan fingerprint density at radius 1 is 1.78 bits per heavy atom. The lowest BCUT2D eigenvalue weighted by atomic mass is 10.1. The van der Waals surface area contributed by atoms with Crippen LogP contribution >= 0.6 is 22.6 Å². The topological polar surface area (TPSA) is 83.5 Å². The molecule has 0 saturated carbocycles. The highest BCUT2D eigenvalue weighted by molar-refractivity contribution is 14.1. The standard InChI is InChI=1S/C4H8INO3/c5-1-4(6,2-7)3(8)9/h7H,1-2,6H2,(H,8,9). The predicted octanol–water partition coefficient (Wildman–Crippen LogP) is -0.804. The lowest BCUT2D eigenvalue weighted by molar-refractivity contribution is -0.143. The summed E-state index contributed by atoms with van der Waals surface area (Å²) in [5.74, 6) is -1.17. The van der Waals surface area contributed by atoms with Crippen LogP contribution in [0.15, 0.2) is 0 Å². The van der Waals surface area contributed by atoms with Gasteiger partial charge in [0.15, 0.2) is 0 Å². The van der Waals surface area contributed by atoms with E-state index >= 15 is 0 Å². The van der Waals surface area contributed by atoms with E-state index in [0.717, 1.165) is 0 Å². The van der Waals surface area contributed by atoms with E-state index in [4.69, 9.17) is 15.9 Å². The number of hydrogen-bond acceptors (Lipinski definition) is 3. The van der Waals surface area contributed by atoms with Crippen molar-refractivity contribution in [3.05, 3.63) is 0 Å². The quantitative estimate of drug-likeness (QED) is 0.448. The molecule has 5 heteroatoms. The molecule has 0 spiro atoms. The van der Waals surface area contributed by atoms with Crippen LogP contribution in [-0.4, -0.2) is 32.8 Å². The number of rotatable bonds is 3. The molecule has 0 fully saturated rings. The van der Waals surface area contributed by atoms with Gasteiger partial charge in [-0.3, -0.25) is 4.79 Å². The Morgan fingerprint density at radius 2 is 2.22 bits per heavy atom. The average Bonchev–Trinajstić information content (AvgIpc) is 1.86. The molecule has 0 bridgehead atoms. The van der Waals surface area contributed by atoms with E-state index in [1.807, 2.05) is 22.6 Å². The van der Waals surface area contributed by atoms with Gasteiger partial charge in [0.1, 0.15) is 5.54 Å². The molecule has 1 unspecified atom stereocenters. The van der Waals surface area contributed by atoms with Crippen LogP contribution in [0, 0.1) is 0 Å². The maximum atomic E-state index is 10.2. The number of aliphatic hydroxyl groups is 1. The SMILES string of the molecule is NC(CO)(CI)C(=O)O. The van der Waals surface area contributed by atoms with Crippen molar-refractivity contribution in [2.24, 2.45) is 5.73 Å². The number of carbonyl (C=O) groups is 1. The Labute approximate surface area is 66.2 Å². The zero-order valence-electron chi connectivity index (χ0n) is 4.67. The minimum absolute atomic E-state index is 0.205. The smallest absolute Gasteiger partial charge is 0.326 e. The molecule has 0 aromatic heterocycles. The predicted molar refractivity (Wildman–Crippen MR) is 40.5 cm³/mol. The molecule has 54 valence electrons. The summed E-state index contributed by atoms with van der Waals surface area (Å²) in [5, 5.41) is 16.8. The van der Waals surface area contributed by atoms with Crippen molar-refractivity contribution in [1.82, 2.24) is 0 Å². The zero-order valence-corrected chi connectivity index (χ0v) is 6.83. The summed E-state index contributed by atoms with van der Waals surface area (Å²) in [6.45, 7) is -0.523. The zero-order chi connectivity index (χ0) is 7.49. The van der Waals surface area contributed by atoms with Gasteiger partial charge in [-0.25, -0.2) is 0 Å². The Bertz CT molecular complexity index is 112. The third-order valence-corrected chi connectivity index (χ3v) is 2.31. The molecule has 9 heavy (non-hydrogen) atoms. The van der Waals surface area contributed by atoms with Gasteiger partial charge >= 0.3 is 5.97 Å². The van der Waals surface area contributed by atoms with Crippen LogP contribution in [0.25, 0.3) is 0 Å². The summed E-state index contributed by atoms with van der Waals surface area (Å²) in [4.78, 5) is 10.2. The van der Waals surface area contributed by atoms with Crippen molar-refractivity contribution in [2.75, 3.05) is 11.0 Å². The fourth-order valence-electron chi connectivity index (χ4n) is 0.167. The molecule has 0 rings (SSSR count). The maximum Gasteiger partial charge on any atom is 0.326 e. The molecule has 0 aromatic carbocycles. The monoisotopic (exact) mass is 245 g/mol. The molecular weight excluding hydrogens is 237 g/mol. The summed E-state index contributed by atoms with van der Waals surface area (Å²) < 4.78 is 0.205. The van der Waals surface area contributed by atoms with Gasteiger partial charge in [0.25, 0.3) is 0 Å². The average molecular weight is 245 g/mol. The number of carboxylic acid groups (broad SMARTS) is 1. The molecule has 0 aliphatic rings. The lowest BCUT2D eigenvalue weighted by Crippen LogP contribution is -2.52. The fraction of sp³-hybridized carbons (Fsp3) is 0.750. The van der Waals surface area contributed by atoms with Crippen LogP contribution in [0.4, 0.5) is 0 Å². The second-order valence-corrected chi connectivity index (χ2v) is 2.52. The van der Waals surface area contributed by atoms with Gasteiger partial charge < -0.3 is 15.9 Å². The van der Waals surface area contributed by atoms with Gasteiger partial charge in [-0.15, -0.1) is 0 Å². The number of halogens is 1. The van der Waals surface area contributed by atoms with Crippen LogP contribution < -0.4 is 5.73 Å². The molecule has 0 aliphatic carbocycles. The first-order valence-electron chi connectivity index (χ1n) is 2.26. The van der Waals surface area contributed by atoms with Crippen LogP contribution in [0.3, 0.4) is 0 Å². The summed E-state index contributed by atoms with van der Waals surface area (Å²) in [6, 6.07) is 0. The number of hydrogen-bond donors (Lipinski definition) is 3. The van der Waals surface area contributed by atoms with Crippen molar-refractivity contribution in [2.45, 2.75) is 5.54 Å². The lowest BCUT2D eigenvalue weighted by Gasteiger charge is -2.17. The number of nitrogens with two attached hydrogens (primary N) is 1. The van der Waals surface area contributed by atoms with Crippen LogP contribution in [-0.2, 0) is 4.79 Å². The molecule has 0 saturated heterocycles. The molecular formula is C4H8INO3. The molecule has 1 atom stereocenters. The van der Waals surface area contributed by atoms with Crippen molar-refractivity contribution in [3.63, 3.8) is 0 Å². The minimum Gasteiger partial charge on any atom is -0.480 e. The van der Waals surface area contributed by atoms with E-state index in [2.05, 4.69) is 0 Å². The normalized spacial score (nSPS) is 16.8. The van der Waals surface area contributed by atoms with Gasteiger partial charge in [0.2, 0.25) is 0 Å². The summed E-state index contributed by atoms with van der Waals surface area (Å²) >= 11 is 1.82. The second kappa shape index (κ2) is 3.33. The number of carboxylic acids is 1. The Kier molecular flexibility index (Phi) is 3.37. The van der Waals surface area contributed by atoms with Gasteiger partial charge in [0.05, 0.1) is 6.61 Å².